The van der Waals surface area contributed by atoms with Crippen LogP contribution in [0.5, 0.6) is 23.0 Å². The van der Waals surface area contributed by atoms with Gasteiger partial charge in [0, 0.05) is 6.92 Å². The van der Waals surface area contributed by atoms with Crippen molar-refractivity contribution in [3.63, 3.8) is 0 Å². The summed E-state index contributed by atoms with van der Waals surface area (Å²) < 4.78 is 29.4. The van der Waals surface area contributed by atoms with Crippen molar-refractivity contribution < 1.29 is 33.3 Å². The Labute approximate surface area is 247 Å². The second kappa shape index (κ2) is 13.1. The molecule has 3 aromatic rings. The van der Waals surface area contributed by atoms with Crippen LogP contribution in [0.2, 0.25) is 0 Å². The van der Waals surface area contributed by atoms with E-state index in [1.807, 2.05) is 19.9 Å². The molecule has 2 heterocycles. The van der Waals surface area contributed by atoms with Crippen molar-refractivity contribution >= 4 is 29.4 Å². The Hall–Kier alpha value is -4.38. The third-order valence-electron chi connectivity index (χ3n) is 6.33. The van der Waals surface area contributed by atoms with E-state index in [4.69, 9.17) is 23.7 Å². The number of hydrogen-bond donors (Lipinski definition) is 0. The van der Waals surface area contributed by atoms with E-state index in [0.717, 1.165) is 5.56 Å². The number of rotatable bonds is 10. The van der Waals surface area contributed by atoms with Gasteiger partial charge in [0.15, 0.2) is 27.8 Å². The van der Waals surface area contributed by atoms with Gasteiger partial charge in [-0.25, -0.2) is 9.79 Å². The zero-order valence-corrected chi connectivity index (χ0v) is 25.5. The highest BCUT2D eigenvalue weighted by Crippen LogP contribution is 2.36. The lowest BCUT2D eigenvalue weighted by Crippen LogP contribution is -2.40. The van der Waals surface area contributed by atoms with E-state index >= 15 is 0 Å². The van der Waals surface area contributed by atoms with Gasteiger partial charge in [0.25, 0.3) is 5.56 Å². The van der Waals surface area contributed by atoms with Crippen LogP contribution in [-0.2, 0) is 14.3 Å². The van der Waals surface area contributed by atoms with E-state index in [1.165, 1.54) is 22.8 Å². The maximum atomic E-state index is 14.0. The van der Waals surface area contributed by atoms with E-state index in [-0.39, 0.29) is 29.4 Å². The van der Waals surface area contributed by atoms with Gasteiger partial charge >= 0.3 is 11.9 Å². The molecule has 0 fully saturated rings. The van der Waals surface area contributed by atoms with Crippen LogP contribution in [0.1, 0.15) is 51.8 Å². The number of ether oxygens (including phenoxy) is 5. The molecule has 11 heteroatoms. The van der Waals surface area contributed by atoms with Crippen LogP contribution in [0.3, 0.4) is 0 Å². The molecule has 0 unspecified atom stereocenters. The normalized spacial score (nSPS) is 14.8. The number of methoxy groups -OCH3 is 2. The molecule has 222 valence electrons. The summed E-state index contributed by atoms with van der Waals surface area (Å²) in [5.41, 5.74) is 1.64. The summed E-state index contributed by atoms with van der Waals surface area (Å²) in [7, 11) is 3.10. The number of benzene rings is 2. The minimum atomic E-state index is -0.862. The van der Waals surface area contributed by atoms with Crippen LogP contribution < -0.4 is 33.8 Å². The molecule has 0 bridgehead atoms. The number of hydrogen-bond acceptors (Lipinski definition) is 10. The van der Waals surface area contributed by atoms with Gasteiger partial charge in [0.05, 0.1) is 49.3 Å². The molecule has 0 radical (unpaired) electrons. The first kappa shape index (κ1) is 30.6. The van der Waals surface area contributed by atoms with Crippen molar-refractivity contribution in [3.05, 3.63) is 78.5 Å². The fourth-order valence-electron chi connectivity index (χ4n) is 4.51. The molecule has 1 atom stereocenters. The number of carbonyl (C=O) groups excluding carboxylic acids is 2. The minimum Gasteiger partial charge on any atom is -0.493 e. The van der Waals surface area contributed by atoms with E-state index in [1.54, 1.807) is 64.5 Å². The molecule has 2 aromatic carbocycles. The minimum absolute atomic E-state index is 0.114. The smallest absolute Gasteiger partial charge is 0.338 e. The van der Waals surface area contributed by atoms with Gasteiger partial charge in [-0.3, -0.25) is 14.2 Å². The van der Waals surface area contributed by atoms with Crippen molar-refractivity contribution in [2.24, 2.45) is 10.9 Å². The molecule has 42 heavy (non-hydrogen) atoms. The summed E-state index contributed by atoms with van der Waals surface area (Å²) in [6.07, 6.45) is 1.74. The number of fused-ring (bicyclic) bond motifs is 1. The first-order chi connectivity index (χ1) is 20.1. The van der Waals surface area contributed by atoms with E-state index in [2.05, 4.69) is 4.99 Å². The fourth-order valence-corrected chi connectivity index (χ4v) is 5.56. The number of nitrogens with zero attached hydrogens (tertiary/aromatic N) is 2. The summed E-state index contributed by atoms with van der Waals surface area (Å²) in [4.78, 5) is 44.2. The Morgan fingerprint density at radius 2 is 1.76 bits per heavy atom. The van der Waals surface area contributed by atoms with Crippen LogP contribution in [0.25, 0.3) is 6.08 Å². The van der Waals surface area contributed by atoms with Crippen LogP contribution in [-0.4, -0.2) is 43.9 Å². The molecule has 1 aliphatic heterocycles. The highest BCUT2D eigenvalue weighted by Gasteiger charge is 2.34. The van der Waals surface area contributed by atoms with Crippen molar-refractivity contribution in [1.29, 1.82) is 0 Å². The quantitative estimate of drug-likeness (QED) is 0.257. The second-order valence-corrected chi connectivity index (χ2v) is 10.9. The molecule has 4 rings (SSSR count). The second-order valence-electron chi connectivity index (χ2n) is 9.92. The Morgan fingerprint density at radius 3 is 2.40 bits per heavy atom. The average Bonchev–Trinajstić information content (AvgIpc) is 3.25. The van der Waals surface area contributed by atoms with Crippen molar-refractivity contribution in [3.8, 4) is 23.0 Å². The van der Waals surface area contributed by atoms with Crippen LogP contribution in [0, 0.1) is 5.92 Å². The Bertz CT molecular complexity index is 1720. The number of allylic oxidation sites excluding steroid dienone is 1. The zero-order valence-electron chi connectivity index (χ0n) is 24.7. The average molecular weight is 595 g/mol. The number of carbonyl (C=O) groups is 2. The molecule has 0 spiro atoms. The van der Waals surface area contributed by atoms with Crippen molar-refractivity contribution in [2.45, 2.75) is 40.7 Å². The maximum absolute atomic E-state index is 14.0. The summed E-state index contributed by atoms with van der Waals surface area (Å²) in [5, 5.41) is 0. The highest BCUT2D eigenvalue weighted by atomic mass is 32.1. The molecular weight excluding hydrogens is 560 g/mol. The SMILES string of the molecule is CCOc1cc([C@@H]2C(C(=O)OCC(C)C)=C(C)N=c3s/c(=C/c4ccc(OC)c(OC)c4)c(=O)n32)ccc1OC(C)=O. The summed E-state index contributed by atoms with van der Waals surface area (Å²) in [5.74, 6) is 0.689. The first-order valence-electron chi connectivity index (χ1n) is 13.4. The number of esters is 2. The molecule has 0 amide bonds. The molecule has 0 saturated carbocycles. The largest absolute Gasteiger partial charge is 0.493 e. The zero-order chi connectivity index (χ0) is 30.6. The van der Waals surface area contributed by atoms with E-state index in [9.17, 15) is 14.4 Å². The van der Waals surface area contributed by atoms with Gasteiger partial charge in [-0.15, -0.1) is 0 Å². The Kier molecular flexibility index (Phi) is 9.52. The van der Waals surface area contributed by atoms with E-state index in [0.29, 0.717) is 44.4 Å². The Balaban J connectivity index is 1.93. The molecule has 0 N–H and O–H groups in total. The third-order valence-corrected chi connectivity index (χ3v) is 7.31. The predicted octanol–water partition coefficient (Wildman–Crippen LogP) is 3.78. The van der Waals surface area contributed by atoms with Gasteiger partial charge in [0.1, 0.15) is 0 Å². The molecule has 10 nitrogen and oxygen atoms in total. The fraction of sp³-hybridized carbons (Fsp3) is 0.355. The van der Waals surface area contributed by atoms with Crippen molar-refractivity contribution in [2.75, 3.05) is 27.4 Å². The maximum Gasteiger partial charge on any atom is 0.338 e. The van der Waals surface area contributed by atoms with Crippen LogP contribution in [0.4, 0.5) is 0 Å². The monoisotopic (exact) mass is 594 g/mol. The van der Waals surface area contributed by atoms with Crippen molar-refractivity contribution in [1.82, 2.24) is 4.57 Å². The predicted molar refractivity (Wildman–Crippen MR) is 158 cm³/mol. The lowest BCUT2D eigenvalue weighted by atomic mass is 9.95. The van der Waals surface area contributed by atoms with Gasteiger partial charge in [-0.1, -0.05) is 37.3 Å². The van der Waals surface area contributed by atoms with Gasteiger partial charge in [0.2, 0.25) is 0 Å². The summed E-state index contributed by atoms with van der Waals surface area (Å²) in [6, 6.07) is 9.46. The standard InChI is InChI=1S/C31H34N2O8S/c1-8-39-25-15-21(10-12-23(25)41-19(5)34)28-27(30(36)40-16-17(2)3)18(4)32-31-33(28)29(35)26(42-31)14-20-9-11-22(37-6)24(13-20)38-7/h9-15,17,28H,8,16H2,1-7H3/b26-14+/t28-/m1/s1. The first-order valence-corrected chi connectivity index (χ1v) is 14.3. The third kappa shape index (κ3) is 6.41. The lowest BCUT2D eigenvalue weighted by molar-refractivity contribution is -0.140. The van der Waals surface area contributed by atoms with Gasteiger partial charge < -0.3 is 23.7 Å². The summed E-state index contributed by atoms with van der Waals surface area (Å²) >= 11 is 1.21. The van der Waals surface area contributed by atoms with Crippen LogP contribution in [0.15, 0.2) is 57.5 Å². The van der Waals surface area contributed by atoms with Crippen LogP contribution >= 0.6 is 11.3 Å². The molecule has 0 aliphatic carbocycles. The topological polar surface area (TPSA) is 115 Å². The van der Waals surface area contributed by atoms with E-state index < -0.39 is 18.0 Å². The highest BCUT2D eigenvalue weighted by molar-refractivity contribution is 7.07. The molecule has 1 aromatic heterocycles. The lowest BCUT2D eigenvalue weighted by Gasteiger charge is -2.25. The van der Waals surface area contributed by atoms with Gasteiger partial charge in [-0.2, -0.15) is 0 Å². The molecule has 0 saturated heterocycles. The number of aromatic nitrogens is 1. The number of thiazole rings is 1. The molecule has 1 aliphatic rings. The Morgan fingerprint density at radius 1 is 1.05 bits per heavy atom. The summed E-state index contributed by atoms with van der Waals surface area (Å²) in [6.45, 7) is 9.23. The molecular formula is C31H34N2O8S. The van der Waals surface area contributed by atoms with Gasteiger partial charge in [-0.05, 0) is 61.2 Å².